The van der Waals surface area contributed by atoms with E-state index in [4.69, 9.17) is 18.9 Å². The Morgan fingerprint density at radius 1 is 0.492 bits per heavy atom. The summed E-state index contributed by atoms with van der Waals surface area (Å²) < 4.78 is 20.8. The number of amides is 5. The third kappa shape index (κ3) is 34.2. The van der Waals surface area contributed by atoms with Gasteiger partial charge in [-0.3, -0.25) is 24.0 Å². The lowest BCUT2D eigenvalue weighted by atomic mass is 10.1. The monoisotopic (exact) mass is 893 g/mol. The summed E-state index contributed by atoms with van der Waals surface area (Å²) in [5, 5.41) is 32.1. The molecule has 0 saturated carbocycles. The summed E-state index contributed by atoms with van der Waals surface area (Å²) in [6.45, 7) is 2.34. The number of nitrogens with one attached hydrogen (secondary N) is 5. The molecule has 1 rings (SSSR count). The van der Waals surface area contributed by atoms with E-state index >= 15 is 0 Å². The van der Waals surface area contributed by atoms with Crippen LogP contribution in [0.1, 0.15) is 108 Å². The number of hydrogen-bond acceptors (Lipinski definition) is 12. The highest BCUT2D eigenvalue weighted by Crippen LogP contribution is 2.11. The Labute approximate surface area is 370 Å². The molecule has 63 heavy (non-hydrogen) atoms. The van der Waals surface area contributed by atoms with Gasteiger partial charge in [-0.15, -0.1) is 0 Å². The van der Waals surface area contributed by atoms with Crippen LogP contribution >= 0.6 is 0 Å². The highest BCUT2D eigenvalue weighted by atomic mass is 16.5. The van der Waals surface area contributed by atoms with Crippen LogP contribution < -0.4 is 26.6 Å². The molecule has 0 radical (unpaired) electrons. The van der Waals surface area contributed by atoms with Crippen LogP contribution in [0.4, 0.5) is 0 Å². The topological polar surface area (TPSA) is 274 Å². The normalized spacial score (nSPS) is 11.8. The molecule has 5 amide bonds. The molecule has 0 bridgehead atoms. The van der Waals surface area contributed by atoms with Gasteiger partial charge in [-0.2, -0.15) is 0 Å². The Hall–Kier alpha value is -4.98. The minimum Gasteiger partial charge on any atom is -0.480 e. The Kier molecular flexibility index (Phi) is 34.4. The summed E-state index contributed by atoms with van der Waals surface area (Å²) in [7, 11) is 0. The number of carbonyl (C=O) groups excluding carboxylic acids is 6. The van der Waals surface area contributed by atoms with Crippen LogP contribution in [-0.4, -0.2) is 143 Å². The summed E-state index contributed by atoms with van der Waals surface area (Å²) in [5.41, 5.74) is 1.11. The fraction of sp³-hybridized carbons (Fsp3) is 0.682. The van der Waals surface area contributed by atoms with Gasteiger partial charge < -0.3 is 60.5 Å². The van der Waals surface area contributed by atoms with E-state index in [-0.39, 0.29) is 108 Å². The third-order valence-electron chi connectivity index (χ3n) is 9.50. The zero-order valence-electron chi connectivity index (χ0n) is 36.7. The van der Waals surface area contributed by atoms with Gasteiger partial charge in [-0.1, -0.05) is 75.3 Å². The number of aldehydes is 1. The Balaban J connectivity index is 1.99. The molecule has 0 heterocycles. The molecule has 19 heteroatoms. The molecule has 0 spiro atoms. The minimum atomic E-state index is -1.21. The van der Waals surface area contributed by atoms with Gasteiger partial charge in [0.1, 0.15) is 31.6 Å². The van der Waals surface area contributed by atoms with Crippen molar-refractivity contribution >= 4 is 47.8 Å². The number of carboxylic acids is 2. The van der Waals surface area contributed by atoms with Gasteiger partial charge in [-0.25, -0.2) is 9.59 Å². The van der Waals surface area contributed by atoms with Crippen molar-refractivity contribution in [2.75, 3.05) is 72.5 Å². The molecule has 0 aliphatic heterocycles. The van der Waals surface area contributed by atoms with Crippen LogP contribution in [0, 0.1) is 0 Å². The van der Waals surface area contributed by atoms with E-state index in [1.165, 1.54) is 0 Å². The van der Waals surface area contributed by atoms with Crippen molar-refractivity contribution in [2.24, 2.45) is 0 Å². The lowest BCUT2D eigenvalue weighted by molar-refractivity contribution is -0.142. The predicted octanol–water partition coefficient (Wildman–Crippen LogP) is 2.22. The largest absolute Gasteiger partial charge is 0.480 e. The lowest BCUT2D eigenvalue weighted by Crippen LogP contribution is -2.41. The number of ether oxygens (including phenoxy) is 4. The molecule has 2 atom stereocenters. The smallest absolute Gasteiger partial charge is 0.326 e. The molecular weight excluding hydrogens is 823 g/mol. The first-order valence-electron chi connectivity index (χ1n) is 22.1. The van der Waals surface area contributed by atoms with Gasteiger partial charge in [0, 0.05) is 45.3 Å². The number of carboxylic acid groups (broad SMARTS) is 2. The summed E-state index contributed by atoms with van der Waals surface area (Å²) >= 11 is 0. The number of aryl methyl sites for hydroxylation is 1. The second-order valence-electron chi connectivity index (χ2n) is 14.8. The van der Waals surface area contributed by atoms with E-state index in [1.54, 1.807) is 0 Å². The van der Waals surface area contributed by atoms with Gasteiger partial charge in [0.2, 0.25) is 29.5 Å². The zero-order chi connectivity index (χ0) is 46.2. The van der Waals surface area contributed by atoms with Gasteiger partial charge in [0.15, 0.2) is 0 Å². The van der Waals surface area contributed by atoms with E-state index in [9.17, 15) is 48.6 Å². The zero-order valence-corrected chi connectivity index (χ0v) is 36.7. The Morgan fingerprint density at radius 3 is 1.49 bits per heavy atom. The standard InChI is InChI=1S/C44H71N5O14/c50-26-29-62-31-30-60-28-25-47-42(55)34-63-33-32-61-27-24-46-39(52)22-20-36(43(56)57)48-40(53)17-11-6-4-2-1-3-5-7-12-23-45-38(51)21-19-37(44(58)59)49-41(54)18-13-16-35-14-9-8-10-15-35/h8-10,14-15,26,36-37H,1-7,11-13,16-25,27-34H2,(H,45,51)(H,46,52)(H,47,55)(H,48,53)(H,49,54)(H,56,57)(H,58,59)/t36-,37-/m0/s1. The highest BCUT2D eigenvalue weighted by Gasteiger charge is 2.22. The van der Waals surface area contributed by atoms with E-state index in [2.05, 4.69) is 26.6 Å². The molecular formula is C44H71N5O14. The number of benzene rings is 1. The molecule has 0 fully saturated rings. The second kappa shape index (κ2) is 38.7. The summed E-state index contributed by atoms with van der Waals surface area (Å²) in [6, 6.07) is 7.45. The molecule has 7 N–H and O–H groups in total. The van der Waals surface area contributed by atoms with E-state index in [0.717, 1.165) is 63.4 Å². The van der Waals surface area contributed by atoms with E-state index < -0.39 is 24.0 Å². The van der Waals surface area contributed by atoms with Crippen LogP contribution in [0.3, 0.4) is 0 Å². The maximum absolute atomic E-state index is 12.4. The third-order valence-corrected chi connectivity index (χ3v) is 9.50. The fourth-order valence-electron chi connectivity index (χ4n) is 6.06. The quantitative estimate of drug-likeness (QED) is 0.0367. The van der Waals surface area contributed by atoms with Crippen molar-refractivity contribution in [3.8, 4) is 0 Å². The SMILES string of the molecule is O=CCOCCOCCNC(=O)COCCOCCNC(=O)CC[C@H](NC(=O)CCCCCCCCCCCNC(=O)CC[C@H](NC(=O)CCCc1ccccc1)C(=O)O)C(=O)O. The molecule has 19 nitrogen and oxygen atoms in total. The molecule has 356 valence electrons. The first kappa shape index (κ1) is 56.0. The van der Waals surface area contributed by atoms with Crippen LogP contribution in [-0.2, 0) is 63.7 Å². The van der Waals surface area contributed by atoms with Crippen LogP contribution in [0.25, 0.3) is 0 Å². The Morgan fingerprint density at radius 2 is 0.952 bits per heavy atom. The lowest BCUT2D eigenvalue weighted by Gasteiger charge is -2.14. The maximum atomic E-state index is 12.4. The molecule has 0 saturated heterocycles. The molecule has 0 aliphatic rings. The molecule has 0 aliphatic carbocycles. The highest BCUT2D eigenvalue weighted by molar-refractivity contribution is 5.85. The minimum absolute atomic E-state index is 0.00857. The average Bonchev–Trinajstić information content (AvgIpc) is 3.26. The predicted molar refractivity (Wildman–Crippen MR) is 232 cm³/mol. The molecule has 1 aromatic carbocycles. The van der Waals surface area contributed by atoms with Gasteiger partial charge in [0.25, 0.3) is 0 Å². The van der Waals surface area contributed by atoms with Crippen molar-refractivity contribution in [2.45, 2.75) is 121 Å². The average molecular weight is 894 g/mol. The van der Waals surface area contributed by atoms with Crippen LogP contribution in [0.15, 0.2) is 30.3 Å². The summed E-state index contributed by atoms with van der Waals surface area (Å²) in [6.07, 6.45) is 10.6. The summed E-state index contributed by atoms with van der Waals surface area (Å²) in [4.78, 5) is 94.2. The van der Waals surface area contributed by atoms with Crippen molar-refractivity contribution < 1.29 is 67.5 Å². The van der Waals surface area contributed by atoms with E-state index in [0.29, 0.717) is 52.0 Å². The van der Waals surface area contributed by atoms with Crippen LogP contribution in [0.5, 0.6) is 0 Å². The summed E-state index contributed by atoms with van der Waals surface area (Å²) in [5.74, 6) is -4.01. The van der Waals surface area contributed by atoms with Gasteiger partial charge in [0.05, 0.1) is 39.6 Å². The number of carbonyl (C=O) groups is 8. The maximum Gasteiger partial charge on any atom is 0.326 e. The number of hydrogen-bond donors (Lipinski definition) is 7. The Bertz CT molecular complexity index is 1450. The van der Waals surface area contributed by atoms with Gasteiger partial charge in [-0.05, 0) is 44.1 Å². The molecule has 1 aromatic rings. The van der Waals surface area contributed by atoms with Crippen molar-refractivity contribution in [1.82, 2.24) is 26.6 Å². The fourth-order valence-corrected chi connectivity index (χ4v) is 6.06. The number of rotatable bonds is 42. The van der Waals surface area contributed by atoms with E-state index in [1.807, 2.05) is 30.3 Å². The van der Waals surface area contributed by atoms with Crippen LogP contribution in [0.2, 0.25) is 0 Å². The first-order chi connectivity index (χ1) is 30.5. The second-order valence-corrected chi connectivity index (χ2v) is 14.8. The molecule has 0 aromatic heterocycles. The first-order valence-corrected chi connectivity index (χ1v) is 22.1. The van der Waals surface area contributed by atoms with Crippen molar-refractivity contribution in [3.05, 3.63) is 35.9 Å². The van der Waals surface area contributed by atoms with Crippen molar-refractivity contribution in [3.63, 3.8) is 0 Å². The van der Waals surface area contributed by atoms with Crippen molar-refractivity contribution in [1.29, 1.82) is 0 Å². The number of unbranched alkanes of at least 4 members (excludes halogenated alkanes) is 8. The van der Waals surface area contributed by atoms with Gasteiger partial charge >= 0.3 is 11.9 Å². The molecule has 0 unspecified atom stereocenters. The number of aliphatic carboxylic acids is 2.